The first-order valence-electron chi connectivity index (χ1n) is 9.67. The van der Waals surface area contributed by atoms with E-state index in [0.29, 0.717) is 34.4 Å². The van der Waals surface area contributed by atoms with Crippen LogP contribution in [0.1, 0.15) is 21.5 Å². The third-order valence-electron chi connectivity index (χ3n) is 4.64. The van der Waals surface area contributed by atoms with E-state index in [-0.39, 0.29) is 11.7 Å². The first kappa shape index (κ1) is 20.8. The van der Waals surface area contributed by atoms with Gasteiger partial charge in [0.2, 0.25) is 5.95 Å². The summed E-state index contributed by atoms with van der Waals surface area (Å²) in [6.07, 6.45) is 4.28. The van der Waals surface area contributed by atoms with Crippen LogP contribution in [0.4, 0.5) is 27.7 Å². The third-order valence-corrected chi connectivity index (χ3v) is 4.64. The van der Waals surface area contributed by atoms with Gasteiger partial charge in [-0.15, -0.1) is 0 Å². The third kappa shape index (κ3) is 4.51. The van der Waals surface area contributed by atoms with Gasteiger partial charge in [0, 0.05) is 30.6 Å². The molecule has 0 saturated carbocycles. The number of hydrogen-bond acceptors (Lipinski definition) is 8. The first-order chi connectivity index (χ1) is 15.6. The lowest BCUT2D eigenvalue weighted by molar-refractivity contribution is 0.102. The van der Waals surface area contributed by atoms with E-state index in [1.807, 2.05) is 13.0 Å². The molecule has 0 aliphatic heterocycles. The van der Waals surface area contributed by atoms with Crippen LogP contribution < -0.4 is 16.0 Å². The van der Waals surface area contributed by atoms with E-state index in [2.05, 4.69) is 41.0 Å². The van der Waals surface area contributed by atoms with Gasteiger partial charge in [0.05, 0.1) is 0 Å². The molecule has 0 bridgehead atoms. The number of alkyl halides is 1. The van der Waals surface area contributed by atoms with Gasteiger partial charge in [-0.05, 0) is 42.3 Å². The summed E-state index contributed by atoms with van der Waals surface area (Å²) in [6.45, 7) is 1.27. The van der Waals surface area contributed by atoms with E-state index in [0.717, 1.165) is 5.56 Å². The summed E-state index contributed by atoms with van der Waals surface area (Å²) < 4.78 is 14.4. The lowest BCUT2D eigenvalue weighted by Crippen LogP contribution is -2.14. The maximum atomic E-state index is 12.9. The highest BCUT2D eigenvalue weighted by atomic mass is 19.1. The topological polar surface area (TPSA) is 123 Å². The van der Waals surface area contributed by atoms with Crippen LogP contribution in [0.5, 0.6) is 0 Å². The molecule has 0 fully saturated rings. The van der Waals surface area contributed by atoms with Crippen LogP contribution in [-0.2, 0) is 6.67 Å². The highest BCUT2D eigenvalue weighted by Gasteiger charge is 2.13. The van der Waals surface area contributed by atoms with Gasteiger partial charge in [-0.3, -0.25) is 4.79 Å². The molecular formula is C21H20FN9O. The van der Waals surface area contributed by atoms with Gasteiger partial charge in [0.15, 0.2) is 5.82 Å². The van der Waals surface area contributed by atoms with Gasteiger partial charge in [0.1, 0.15) is 31.0 Å². The van der Waals surface area contributed by atoms with Crippen molar-refractivity contribution in [1.29, 1.82) is 0 Å². The molecule has 0 radical (unpaired) electrons. The summed E-state index contributed by atoms with van der Waals surface area (Å²) in [5, 5.41) is 13.1. The highest BCUT2D eigenvalue weighted by Crippen LogP contribution is 2.23. The Bertz CT molecular complexity index is 1260. The minimum absolute atomic E-state index is 0.282. The van der Waals surface area contributed by atoms with Gasteiger partial charge >= 0.3 is 0 Å². The lowest BCUT2D eigenvalue weighted by Gasteiger charge is -2.12. The Morgan fingerprint density at radius 3 is 2.72 bits per heavy atom. The van der Waals surface area contributed by atoms with Crippen molar-refractivity contribution < 1.29 is 9.18 Å². The number of anilines is 4. The number of halogens is 1. The standard InChI is InChI=1S/C21H20FN9O/c1-13-3-4-15(20(32)30-18-7-14(10-22)5-6-24-18)8-16(13)29-21-27-12-28-31(21)19-9-17(23-2)25-11-26-19/h3-9,11-12H,10H2,1-2H3,(H,23,25,26)(H,24,30,32)(H,27,28,29). The van der Waals surface area contributed by atoms with Gasteiger partial charge in [0.25, 0.3) is 5.91 Å². The Morgan fingerprint density at radius 1 is 1.03 bits per heavy atom. The summed E-state index contributed by atoms with van der Waals surface area (Å²) in [6, 6.07) is 9.99. The number of pyridine rings is 1. The maximum absolute atomic E-state index is 12.9. The fourth-order valence-corrected chi connectivity index (χ4v) is 2.93. The summed E-state index contributed by atoms with van der Waals surface area (Å²) >= 11 is 0. The fourth-order valence-electron chi connectivity index (χ4n) is 2.93. The van der Waals surface area contributed by atoms with Crippen molar-refractivity contribution in [2.24, 2.45) is 0 Å². The smallest absolute Gasteiger partial charge is 0.256 e. The molecule has 4 aromatic rings. The number of aromatic nitrogens is 6. The second-order valence-electron chi connectivity index (χ2n) is 6.80. The second kappa shape index (κ2) is 9.16. The predicted molar refractivity (Wildman–Crippen MR) is 118 cm³/mol. The molecule has 1 amide bonds. The van der Waals surface area contributed by atoms with Crippen molar-refractivity contribution in [2.45, 2.75) is 13.6 Å². The van der Waals surface area contributed by atoms with Crippen LogP contribution in [0.2, 0.25) is 0 Å². The minimum Gasteiger partial charge on any atom is -0.373 e. The molecule has 1 aromatic carbocycles. The average molecular weight is 433 g/mol. The predicted octanol–water partition coefficient (Wildman–Crippen LogP) is 3.27. The number of nitrogens with zero attached hydrogens (tertiary/aromatic N) is 6. The molecule has 0 aliphatic rings. The second-order valence-corrected chi connectivity index (χ2v) is 6.80. The molecule has 162 valence electrons. The Labute approximate surface area is 183 Å². The van der Waals surface area contributed by atoms with Gasteiger partial charge in [-0.2, -0.15) is 14.8 Å². The maximum Gasteiger partial charge on any atom is 0.256 e. The zero-order valence-corrected chi connectivity index (χ0v) is 17.4. The van der Waals surface area contributed by atoms with Crippen LogP contribution in [0.3, 0.4) is 0 Å². The molecule has 11 heteroatoms. The fraction of sp³-hybridized carbons (Fsp3) is 0.143. The molecular weight excluding hydrogens is 413 g/mol. The normalized spacial score (nSPS) is 10.6. The molecule has 10 nitrogen and oxygen atoms in total. The van der Waals surface area contributed by atoms with E-state index in [9.17, 15) is 9.18 Å². The zero-order chi connectivity index (χ0) is 22.5. The molecule has 3 N–H and O–H groups in total. The Balaban J connectivity index is 1.58. The number of hydrogen-bond donors (Lipinski definition) is 3. The number of nitrogens with one attached hydrogen (secondary N) is 3. The van der Waals surface area contributed by atoms with Crippen molar-refractivity contribution >= 4 is 29.2 Å². The van der Waals surface area contributed by atoms with E-state index < -0.39 is 6.67 Å². The number of rotatable bonds is 7. The number of amides is 1. The van der Waals surface area contributed by atoms with Crippen molar-refractivity contribution in [1.82, 2.24) is 29.7 Å². The van der Waals surface area contributed by atoms with Crippen LogP contribution in [0, 0.1) is 6.92 Å². The first-order valence-corrected chi connectivity index (χ1v) is 9.67. The van der Waals surface area contributed by atoms with E-state index in [1.165, 1.54) is 29.6 Å². The Kier molecular flexibility index (Phi) is 5.97. The Morgan fingerprint density at radius 2 is 1.91 bits per heavy atom. The molecule has 32 heavy (non-hydrogen) atoms. The van der Waals surface area contributed by atoms with Gasteiger partial charge < -0.3 is 16.0 Å². The zero-order valence-electron chi connectivity index (χ0n) is 17.4. The molecule has 0 saturated heterocycles. The van der Waals surface area contributed by atoms with Crippen molar-refractivity contribution in [3.8, 4) is 5.82 Å². The molecule has 4 rings (SSSR count). The summed E-state index contributed by atoms with van der Waals surface area (Å²) in [5.74, 6) is 1.49. The molecule has 0 spiro atoms. The van der Waals surface area contributed by atoms with Crippen LogP contribution in [0.25, 0.3) is 5.82 Å². The van der Waals surface area contributed by atoms with Crippen LogP contribution >= 0.6 is 0 Å². The largest absolute Gasteiger partial charge is 0.373 e. The minimum atomic E-state index is -0.632. The molecule has 3 aromatic heterocycles. The van der Waals surface area contributed by atoms with Gasteiger partial charge in [-0.1, -0.05) is 6.07 Å². The highest BCUT2D eigenvalue weighted by molar-refractivity contribution is 6.04. The van der Waals surface area contributed by atoms with Crippen molar-refractivity contribution in [3.05, 3.63) is 71.9 Å². The number of carbonyl (C=O) groups is 1. The number of aryl methyl sites for hydroxylation is 1. The van der Waals surface area contributed by atoms with Gasteiger partial charge in [-0.25, -0.2) is 19.3 Å². The number of benzene rings is 1. The molecule has 0 atom stereocenters. The van der Waals surface area contributed by atoms with Crippen LogP contribution in [-0.4, -0.2) is 42.7 Å². The summed E-state index contributed by atoms with van der Waals surface area (Å²) in [7, 11) is 1.76. The van der Waals surface area contributed by atoms with E-state index in [1.54, 1.807) is 31.3 Å². The molecule has 0 aliphatic carbocycles. The summed E-state index contributed by atoms with van der Waals surface area (Å²) in [4.78, 5) is 29.4. The van der Waals surface area contributed by atoms with Crippen molar-refractivity contribution in [3.63, 3.8) is 0 Å². The summed E-state index contributed by atoms with van der Waals surface area (Å²) in [5.41, 5.74) is 2.40. The lowest BCUT2D eigenvalue weighted by atomic mass is 10.1. The van der Waals surface area contributed by atoms with E-state index >= 15 is 0 Å². The number of carbonyl (C=O) groups excluding carboxylic acids is 1. The average Bonchev–Trinajstić information content (AvgIpc) is 3.28. The monoisotopic (exact) mass is 433 g/mol. The quantitative estimate of drug-likeness (QED) is 0.406. The van der Waals surface area contributed by atoms with Crippen LogP contribution in [0.15, 0.2) is 55.2 Å². The van der Waals surface area contributed by atoms with E-state index in [4.69, 9.17) is 0 Å². The Hall–Kier alpha value is -4.41. The molecule has 3 heterocycles. The van der Waals surface area contributed by atoms with Crippen molar-refractivity contribution in [2.75, 3.05) is 23.0 Å². The SMILES string of the molecule is CNc1cc(-n2ncnc2Nc2cc(C(=O)Nc3cc(CF)ccn3)ccc2C)ncn1. The molecule has 0 unspecified atom stereocenters.